The number of allylic oxidation sites excluding steroid dienone is 4. The highest BCUT2D eigenvalue weighted by Gasteiger charge is 1.95. The van der Waals surface area contributed by atoms with Gasteiger partial charge in [0, 0.05) is 12.2 Å². The molecule has 0 bridgehead atoms. The average molecular weight is 137 g/mol. The van der Waals surface area contributed by atoms with Gasteiger partial charge >= 0.3 is 0 Å². The van der Waals surface area contributed by atoms with Crippen molar-refractivity contribution in [2.75, 3.05) is 6.54 Å². The van der Waals surface area contributed by atoms with Crippen molar-refractivity contribution in [2.45, 2.75) is 26.2 Å². The van der Waals surface area contributed by atoms with E-state index < -0.39 is 0 Å². The van der Waals surface area contributed by atoms with E-state index in [0.29, 0.717) is 0 Å². The molecule has 0 unspecified atom stereocenters. The van der Waals surface area contributed by atoms with Crippen molar-refractivity contribution in [1.82, 2.24) is 5.32 Å². The van der Waals surface area contributed by atoms with Gasteiger partial charge in [0.2, 0.25) is 0 Å². The zero-order valence-corrected chi connectivity index (χ0v) is 6.56. The summed E-state index contributed by atoms with van der Waals surface area (Å²) < 4.78 is 0. The smallest absolute Gasteiger partial charge is 0.0141 e. The fourth-order valence-corrected chi connectivity index (χ4v) is 1.04. The maximum absolute atomic E-state index is 3.38. The first-order valence-corrected chi connectivity index (χ1v) is 4.03. The maximum atomic E-state index is 3.38. The van der Waals surface area contributed by atoms with Gasteiger partial charge in [-0.25, -0.2) is 0 Å². The van der Waals surface area contributed by atoms with Crippen LogP contribution >= 0.6 is 0 Å². The van der Waals surface area contributed by atoms with Crippen LogP contribution < -0.4 is 5.32 Å². The van der Waals surface area contributed by atoms with Gasteiger partial charge in [0.1, 0.15) is 0 Å². The third-order valence-corrected chi connectivity index (χ3v) is 1.62. The lowest BCUT2D eigenvalue weighted by Crippen LogP contribution is -2.14. The van der Waals surface area contributed by atoms with Crippen molar-refractivity contribution >= 4 is 0 Å². The number of nitrogens with one attached hydrogen (secondary N) is 1. The van der Waals surface area contributed by atoms with E-state index in [1.54, 1.807) is 0 Å². The molecule has 0 aromatic rings. The third-order valence-electron chi connectivity index (χ3n) is 1.62. The Morgan fingerprint density at radius 1 is 1.60 bits per heavy atom. The molecule has 1 N–H and O–H groups in total. The Balaban J connectivity index is 2.25. The van der Waals surface area contributed by atoms with Crippen molar-refractivity contribution in [2.24, 2.45) is 0 Å². The van der Waals surface area contributed by atoms with Gasteiger partial charge in [0.15, 0.2) is 0 Å². The standard InChI is InChI=1S/C9H15N/c1-2-8-10-9-6-4-3-5-7-9/h3-4,6,10H,2,5,7-8H2,1H3. The highest BCUT2D eigenvalue weighted by atomic mass is 14.9. The molecule has 1 rings (SSSR count). The monoisotopic (exact) mass is 137 g/mol. The third kappa shape index (κ3) is 2.26. The predicted octanol–water partition coefficient (Wildman–Crippen LogP) is 2.22. The fourth-order valence-electron chi connectivity index (χ4n) is 1.04. The normalized spacial score (nSPS) is 16.7. The fraction of sp³-hybridized carbons (Fsp3) is 0.556. The molecule has 0 aromatic carbocycles. The van der Waals surface area contributed by atoms with Gasteiger partial charge in [-0.15, -0.1) is 0 Å². The van der Waals surface area contributed by atoms with Crippen molar-refractivity contribution in [3.8, 4) is 0 Å². The van der Waals surface area contributed by atoms with E-state index >= 15 is 0 Å². The van der Waals surface area contributed by atoms with Gasteiger partial charge in [0.05, 0.1) is 0 Å². The van der Waals surface area contributed by atoms with Crippen molar-refractivity contribution in [1.29, 1.82) is 0 Å². The second kappa shape index (κ2) is 4.15. The quantitative estimate of drug-likeness (QED) is 0.629. The van der Waals surface area contributed by atoms with Crippen LogP contribution in [0.15, 0.2) is 23.9 Å². The summed E-state index contributed by atoms with van der Waals surface area (Å²) in [5.41, 5.74) is 1.39. The van der Waals surface area contributed by atoms with Crippen molar-refractivity contribution in [3.63, 3.8) is 0 Å². The first-order chi connectivity index (χ1) is 4.93. The summed E-state index contributed by atoms with van der Waals surface area (Å²) in [6.07, 6.45) is 10.1. The second-order valence-electron chi connectivity index (χ2n) is 2.59. The molecule has 0 heterocycles. The molecule has 1 nitrogen and oxygen atoms in total. The van der Waals surface area contributed by atoms with Crippen LogP contribution in [0.3, 0.4) is 0 Å². The minimum Gasteiger partial charge on any atom is -0.388 e. The molecule has 10 heavy (non-hydrogen) atoms. The molecule has 0 fully saturated rings. The molecule has 0 atom stereocenters. The Kier molecular flexibility index (Phi) is 3.07. The molecule has 0 radical (unpaired) electrons. The van der Waals surface area contributed by atoms with E-state index in [9.17, 15) is 0 Å². The van der Waals surface area contributed by atoms with E-state index in [1.165, 1.54) is 25.0 Å². The highest BCUT2D eigenvalue weighted by molar-refractivity contribution is 5.15. The molecule has 1 heteroatoms. The summed E-state index contributed by atoms with van der Waals surface area (Å²) in [5.74, 6) is 0. The largest absolute Gasteiger partial charge is 0.388 e. The average Bonchev–Trinajstić information content (AvgIpc) is 2.03. The Morgan fingerprint density at radius 2 is 2.50 bits per heavy atom. The molecule has 0 saturated heterocycles. The van der Waals surface area contributed by atoms with E-state index in [4.69, 9.17) is 0 Å². The topological polar surface area (TPSA) is 12.0 Å². The van der Waals surface area contributed by atoms with Crippen LogP contribution in [0.2, 0.25) is 0 Å². The molecule has 56 valence electrons. The summed E-state index contributed by atoms with van der Waals surface area (Å²) in [5, 5.41) is 3.38. The SMILES string of the molecule is CCCNC1=CC=CCC1. The summed E-state index contributed by atoms with van der Waals surface area (Å²) in [6, 6.07) is 0. The summed E-state index contributed by atoms with van der Waals surface area (Å²) in [7, 11) is 0. The van der Waals surface area contributed by atoms with E-state index in [0.717, 1.165) is 6.54 Å². The first-order valence-electron chi connectivity index (χ1n) is 4.03. The van der Waals surface area contributed by atoms with Crippen LogP contribution in [0, 0.1) is 0 Å². The summed E-state index contributed by atoms with van der Waals surface area (Å²) in [6.45, 7) is 3.30. The number of rotatable bonds is 3. The lowest BCUT2D eigenvalue weighted by atomic mass is 10.1. The first kappa shape index (κ1) is 7.39. The van der Waals surface area contributed by atoms with Crippen LogP contribution in [-0.4, -0.2) is 6.54 Å². The lowest BCUT2D eigenvalue weighted by molar-refractivity contribution is 0.723. The van der Waals surface area contributed by atoms with Gasteiger partial charge in [-0.1, -0.05) is 19.1 Å². The zero-order valence-electron chi connectivity index (χ0n) is 6.56. The van der Waals surface area contributed by atoms with Crippen molar-refractivity contribution < 1.29 is 0 Å². The van der Waals surface area contributed by atoms with Gasteiger partial charge < -0.3 is 5.32 Å². The Labute approximate surface area is 62.8 Å². The molecule has 0 spiro atoms. The molecule has 0 saturated carbocycles. The maximum Gasteiger partial charge on any atom is 0.0141 e. The van der Waals surface area contributed by atoms with Crippen LogP contribution in [0.1, 0.15) is 26.2 Å². The highest BCUT2D eigenvalue weighted by Crippen LogP contribution is 2.07. The minimum atomic E-state index is 1.11. The van der Waals surface area contributed by atoms with E-state index in [-0.39, 0.29) is 0 Å². The molecule has 1 aliphatic rings. The van der Waals surface area contributed by atoms with Gasteiger partial charge in [-0.05, 0) is 25.3 Å². The molecule has 0 aromatic heterocycles. The second-order valence-corrected chi connectivity index (χ2v) is 2.59. The lowest BCUT2D eigenvalue weighted by Gasteiger charge is -2.10. The van der Waals surface area contributed by atoms with Gasteiger partial charge in [0.25, 0.3) is 0 Å². The zero-order chi connectivity index (χ0) is 7.23. The molecular formula is C9H15N. The molecule has 0 amide bonds. The molecule has 1 aliphatic carbocycles. The van der Waals surface area contributed by atoms with Crippen LogP contribution in [0.5, 0.6) is 0 Å². The van der Waals surface area contributed by atoms with E-state index in [2.05, 4.69) is 30.5 Å². The van der Waals surface area contributed by atoms with Gasteiger partial charge in [-0.2, -0.15) is 0 Å². The minimum absolute atomic E-state index is 1.11. The van der Waals surface area contributed by atoms with Gasteiger partial charge in [-0.3, -0.25) is 0 Å². The van der Waals surface area contributed by atoms with E-state index in [1.807, 2.05) is 0 Å². The predicted molar refractivity (Wildman–Crippen MR) is 44.8 cm³/mol. The summed E-state index contributed by atoms with van der Waals surface area (Å²) in [4.78, 5) is 0. The van der Waals surface area contributed by atoms with Crippen LogP contribution in [0.25, 0.3) is 0 Å². The van der Waals surface area contributed by atoms with Crippen LogP contribution in [0.4, 0.5) is 0 Å². The van der Waals surface area contributed by atoms with Crippen LogP contribution in [-0.2, 0) is 0 Å². The Hall–Kier alpha value is -0.720. The molecular weight excluding hydrogens is 122 g/mol. The number of hydrogen-bond acceptors (Lipinski definition) is 1. The van der Waals surface area contributed by atoms with Crippen molar-refractivity contribution in [3.05, 3.63) is 23.9 Å². The number of hydrogen-bond donors (Lipinski definition) is 1. The molecule has 0 aliphatic heterocycles. The Bertz CT molecular complexity index is 145. The summed E-state index contributed by atoms with van der Waals surface area (Å²) >= 11 is 0. The Morgan fingerprint density at radius 3 is 3.10 bits per heavy atom.